The lowest BCUT2D eigenvalue weighted by Gasteiger charge is -2.30. The molecule has 0 radical (unpaired) electrons. The van der Waals surface area contributed by atoms with E-state index in [9.17, 15) is 4.20 Å². The van der Waals surface area contributed by atoms with Crippen LogP contribution in [0.3, 0.4) is 0 Å². The Hall–Kier alpha value is -0.0400. The minimum atomic E-state index is -5.14. The summed E-state index contributed by atoms with van der Waals surface area (Å²) in [7, 11) is -5.14. The maximum absolute atomic E-state index is 10.4. The van der Waals surface area contributed by atoms with Gasteiger partial charge in [-0.05, 0) is 19.9 Å². The molecule has 1 heterocycles. The van der Waals surface area contributed by atoms with E-state index in [-0.39, 0.29) is 6.15 Å². The second kappa shape index (κ2) is 17.4. The Morgan fingerprint density at radius 1 is 1.04 bits per heavy atom. The molecule has 1 atom stereocenters. The van der Waals surface area contributed by atoms with Gasteiger partial charge in [0.2, 0.25) is 0 Å². The van der Waals surface area contributed by atoms with Crippen LogP contribution in [0.5, 0.6) is 0 Å². The predicted molar refractivity (Wildman–Crippen MR) is 102 cm³/mol. The van der Waals surface area contributed by atoms with Crippen LogP contribution in [0.15, 0.2) is 0 Å². The lowest BCUT2D eigenvalue weighted by molar-refractivity contribution is -0.0186. The summed E-state index contributed by atoms with van der Waals surface area (Å²) in [6.45, 7) is 8.96. The fraction of sp³-hybridized carbons (Fsp3) is 1.00. The van der Waals surface area contributed by atoms with Gasteiger partial charge in [-0.2, -0.15) is 0 Å². The molecule has 1 unspecified atom stereocenters. The smallest absolute Gasteiger partial charge is 0.376 e. The van der Waals surface area contributed by atoms with Crippen molar-refractivity contribution < 1.29 is 23.3 Å². The van der Waals surface area contributed by atoms with Gasteiger partial charge in [0, 0.05) is 13.1 Å². The number of ether oxygens (including phenoxy) is 1. The van der Waals surface area contributed by atoms with Crippen molar-refractivity contribution in [1.82, 2.24) is 11.1 Å². The molecule has 25 heavy (non-hydrogen) atoms. The van der Waals surface area contributed by atoms with E-state index in [1.807, 2.05) is 0 Å². The van der Waals surface area contributed by atoms with Gasteiger partial charge < -0.3 is 10.9 Å². The van der Waals surface area contributed by atoms with Crippen LogP contribution in [0.1, 0.15) is 78.1 Å². The van der Waals surface area contributed by atoms with E-state index in [0.29, 0.717) is 6.10 Å². The Labute approximate surface area is 153 Å². The molecule has 1 aliphatic heterocycles. The van der Waals surface area contributed by atoms with E-state index in [1.165, 1.54) is 70.8 Å². The van der Waals surface area contributed by atoms with E-state index >= 15 is 0 Å². The van der Waals surface area contributed by atoms with Gasteiger partial charge in [0.1, 0.15) is 0 Å². The SMILES string of the molecule is CCCCCCCCCCCCN1CCOC(C)C1.N.O=P(O)(O)F. The first-order chi connectivity index (χ1) is 11.3. The number of hydrogen-bond acceptors (Lipinski definition) is 4. The highest BCUT2D eigenvalue weighted by Crippen LogP contribution is 2.35. The monoisotopic (exact) mass is 386 g/mol. The zero-order valence-electron chi connectivity index (χ0n) is 16.2. The third kappa shape index (κ3) is 24.0. The van der Waals surface area contributed by atoms with E-state index < -0.39 is 7.91 Å². The lowest BCUT2D eigenvalue weighted by Crippen LogP contribution is -2.41. The Balaban J connectivity index is 0. The van der Waals surface area contributed by atoms with Crippen molar-refractivity contribution in [3.63, 3.8) is 0 Å². The Morgan fingerprint density at radius 3 is 1.92 bits per heavy atom. The predicted octanol–water partition coefficient (Wildman–Crippen LogP) is 4.84. The van der Waals surface area contributed by atoms with Crippen LogP contribution in [0, 0.1) is 0 Å². The number of morpholine rings is 1. The summed E-state index contributed by atoms with van der Waals surface area (Å²) in [5.74, 6) is 0. The van der Waals surface area contributed by atoms with Crippen molar-refractivity contribution >= 4 is 7.91 Å². The van der Waals surface area contributed by atoms with Crippen LogP contribution in [-0.2, 0) is 9.30 Å². The highest BCUT2D eigenvalue weighted by Gasteiger charge is 2.15. The quantitative estimate of drug-likeness (QED) is 0.347. The first-order valence-electron chi connectivity index (χ1n) is 9.42. The highest BCUT2D eigenvalue weighted by atomic mass is 31.2. The van der Waals surface area contributed by atoms with E-state index in [4.69, 9.17) is 19.1 Å². The molecule has 0 amide bonds. The third-order valence-electron chi connectivity index (χ3n) is 4.15. The average molecular weight is 386 g/mol. The fourth-order valence-electron chi connectivity index (χ4n) is 2.92. The summed E-state index contributed by atoms with van der Waals surface area (Å²) >= 11 is 0. The number of halogens is 1. The van der Waals surface area contributed by atoms with E-state index in [1.54, 1.807) is 0 Å². The normalized spacial score (nSPS) is 18.2. The Kier molecular flexibility index (Phi) is 18.9. The minimum Gasteiger partial charge on any atom is -0.376 e. The molecule has 154 valence electrons. The number of rotatable bonds is 11. The van der Waals surface area contributed by atoms with Crippen LogP contribution in [0.4, 0.5) is 4.20 Å². The molecule has 1 fully saturated rings. The van der Waals surface area contributed by atoms with E-state index in [0.717, 1.165) is 19.7 Å². The molecular formula is C17H40FN2O4P. The van der Waals surface area contributed by atoms with Gasteiger partial charge in [-0.25, -0.2) is 4.57 Å². The first-order valence-corrected chi connectivity index (χ1v) is 10.9. The summed E-state index contributed by atoms with van der Waals surface area (Å²) in [6, 6.07) is 0. The highest BCUT2D eigenvalue weighted by molar-refractivity contribution is 7.45. The standard InChI is InChI=1S/C17H35NO.FH2O3P.H3N/c1-3-4-5-6-7-8-9-10-11-12-13-18-14-15-19-17(2)16-18;1-5(2,3)4;/h17H,3-16H2,1-2H3;(H2,2,3,4);1H3. The van der Waals surface area contributed by atoms with Crippen molar-refractivity contribution in [1.29, 1.82) is 0 Å². The summed E-state index contributed by atoms with van der Waals surface area (Å²) < 4.78 is 24.6. The number of hydrogen-bond donors (Lipinski definition) is 3. The number of unbranched alkanes of at least 4 members (excludes halogenated alkanes) is 9. The molecule has 0 aromatic rings. The topological polar surface area (TPSA) is 105 Å². The average Bonchev–Trinajstić information content (AvgIpc) is 2.47. The molecule has 8 heteroatoms. The molecule has 1 aliphatic rings. The van der Waals surface area contributed by atoms with Gasteiger partial charge in [0.25, 0.3) is 0 Å². The van der Waals surface area contributed by atoms with Gasteiger partial charge in [-0.3, -0.25) is 14.7 Å². The van der Waals surface area contributed by atoms with Crippen LogP contribution in [0.2, 0.25) is 0 Å². The lowest BCUT2D eigenvalue weighted by atomic mass is 10.1. The molecule has 1 saturated heterocycles. The molecule has 0 aliphatic carbocycles. The van der Waals surface area contributed by atoms with Crippen LogP contribution in [-0.4, -0.2) is 47.0 Å². The summed E-state index contributed by atoms with van der Waals surface area (Å²) in [5, 5.41) is 0. The Bertz CT molecular complexity index is 324. The van der Waals surface area contributed by atoms with Gasteiger partial charge >= 0.3 is 7.91 Å². The maximum Gasteiger partial charge on any atom is 0.507 e. The van der Waals surface area contributed by atoms with Crippen LogP contribution < -0.4 is 6.15 Å². The van der Waals surface area contributed by atoms with Crippen LogP contribution in [0.25, 0.3) is 0 Å². The Morgan fingerprint density at radius 2 is 1.48 bits per heavy atom. The van der Waals surface area contributed by atoms with Crippen molar-refractivity contribution in [2.75, 3.05) is 26.2 Å². The molecule has 5 N–H and O–H groups in total. The van der Waals surface area contributed by atoms with Gasteiger partial charge in [0.15, 0.2) is 0 Å². The molecule has 0 aromatic heterocycles. The van der Waals surface area contributed by atoms with E-state index in [2.05, 4.69) is 18.7 Å². The fourth-order valence-corrected chi connectivity index (χ4v) is 2.92. The second-order valence-electron chi connectivity index (χ2n) is 6.64. The molecule has 1 rings (SSSR count). The van der Waals surface area contributed by atoms with Crippen molar-refractivity contribution in [3.05, 3.63) is 0 Å². The molecule has 0 bridgehead atoms. The van der Waals surface area contributed by atoms with Crippen molar-refractivity contribution in [2.45, 2.75) is 84.2 Å². The largest absolute Gasteiger partial charge is 0.507 e. The van der Waals surface area contributed by atoms with Crippen LogP contribution >= 0.6 is 7.91 Å². The third-order valence-corrected chi connectivity index (χ3v) is 4.15. The van der Waals surface area contributed by atoms with Gasteiger partial charge in [-0.1, -0.05) is 64.7 Å². The summed E-state index contributed by atoms with van der Waals surface area (Å²) in [5.41, 5.74) is 0. The molecule has 6 nitrogen and oxygen atoms in total. The molecule has 0 saturated carbocycles. The molecule has 0 spiro atoms. The second-order valence-corrected chi connectivity index (χ2v) is 7.58. The van der Waals surface area contributed by atoms with Gasteiger partial charge in [0.05, 0.1) is 12.7 Å². The number of nitrogens with zero attached hydrogens (tertiary/aromatic N) is 1. The zero-order chi connectivity index (χ0) is 18.3. The maximum atomic E-state index is 10.4. The summed E-state index contributed by atoms with van der Waals surface area (Å²) in [4.78, 5) is 16.5. The van der Waals surface area contributed by atoms with Crippen molar-refractivity contribution in [2.24, 2.45) is 0 Å². The molecular weight excluding hydrogens is 346 g/mol. The first kappa shape index (κ1) is 27.2. The summed E-state index contributed by atoms with van der Waals surface area (Å²) in [6.07, 6.45) is 14.7. The molecule has 0 aromatic carbocycles. The van der Waals surface area contributed by atoms with Gasteiger partial charge in [-0.15, -0.1) is 4.20 Å². The van der Waals surface area contributed by atoms with Crippen molar-refractivity contribution in [3.8, 4) is 0 Å². The zero-order valence-corrected chi connectivity index (χ0v) is 17.1. The minimum absolute atomic E-state index is 0.